The van der Waals surface area contributed by atoms with Crippen LogP contribution in [-0.4, -0.2) is 15.0 Å². The normalized spacial score (nSPS) is 11.6. The number of rotatable bonds is 5. The van der Waals surface area contributed by atoms with Crippen LogP contribution in [0.4, 0.5) is 0 Å². The van der Waals surface area contributed by atoms with Gasteiger partial charge in [0.05, 0.1) is 0 Å². The van der Waals surface area contributed by atoms with E-state index in [1.54, 1.807) is 11.3 Å². The molecule has 0 amide bonds. The highest BCUT2D eigenvalue weighted by Gasteiger charge is 2.19. The van der Waals surface area contributed by atoms with Crippen LogP contribution >= 0.6 is 11.3 Å². The fraction of sp³-hybridized carbons (Fsp3) is 0. The third-order valence-electron chi connectivity index (χ3n) is 9.37. The Hall–Kier alpha value is -6.43. The van der Waals surface area contributed by atoms with Gasteiger partial charge >= 0.3 is 0 Å². The zero-order valence-corrected chi connectivity index (χ0v) is 27.6. The summed E-state index contributed by atoms with van der Waals surface area (Å²) in [5.74, 6) is 1.89. The van der Waals surface area contributed by atoms with Crippen LogP contribution in [-0.2, 0) is 0 Å². The van der Waals surface area contributed by atoms with Crippen LogP contribution in [0.25, 0.3) is 98.5 Å². The average molecular weight is 658 g/mol. The van der Waals surface area contributed by atoms with Crippen LogP contribution in [0, 0.1) is 0 Å². The van der Waals surface area contributed by atoms with E-state index in [9.17, 15) is 0 Å². The lowest BCUT2D eigenvalue weighted by Crippen LogP contribution is -2.00. The first kappa shape index (κ1) is 28.6. The number of nitrogens with zero attached hydrogens (tertiary/aromatic N) is 3. The SMILES string of the molecule is c1ccc(-c2ccc(-c3nc(-c4ccc5oc6cccc(-c7ccccc7)c6c5c4)nc(-c4cccc5c4sc4ccccc45)n3)cc2)cc1. The topological polar surface area (TPSA) is 51.8 Å². The Bertz CT molecular complexity index is 2860. The number of hydrogen-bond acceptors (Lipinski definition) is 5. The lowest BCUT2D eigenvalue weighted by Gasteiger charge is -2.10. The van der Waals surface area contributed by atoms with Crippen LogP contribution in [0.3, 0.4) is 0 Å². The van der Waals surface area contributed by atoms with Crippen molar-refractivity contribution in [3.63, 3.8) is 0 Å². The average Bonchev–Trinajstić information content (AvgIpc) is 3.77. The Morgan fingerprint density at radius 1 is 0.380 bits per heavy atom. The minimum atomic E-state index is 0.615. The first-order valence-corrected chi connectivity index (χ1v) is 17.4. The second-order valence-electron chi connectivity index (χ2n) is 12.4. The Morgan fingerprint density at radius 2 is 0.980 bits per heavy atom. The van der Waals surface area contributed by atoms with Crippen molar-refractivity contribution in [2.24, 2.45) is 0 Å². The molecule has 5 heteroatoms. The summed E-state index contributed by atoms with van der Waals surface area (Å²) >= 11 is 1.78. The fourth-order valence-electron chi connectivity index (χ4n) is 6.94. The Labute approximate surface area is 292 Å². The van der Waals surface area contributed by atoms with E-state index < -0.39 is 0 Å². The number of aromatic nitrogens is 3. The first-order chi connectivity index (χ1) is 24.8. The van der Waals surface area contributed by atoms with Crippen molar-refractivity contribution >= 4 is 53.4 Å². The summed E-state index contributed by atoms with van der Waals surface area (Å²) in [6.07, 6.45) is 0. The van der Waals surface area contributed by atoms with E-state index in [0.29, 0.717) is 17.5 Å². The third-order valence-corrected chi connectivity index (χ3v) is 10.6. The van der Waals surface area contributed by atoms with Gasteiger partial charge in [-0.2, -0.15) is 0 Å². The summed E-state index contributed by atoms with van der Waals surface area (Å²) in [4.78, 5) is 15.5. The van der Waals surface area contributed by atoms with Crippen LogP contribution in [0.15, 0.2) is 168 Å². The molecular formula is C45H27N3OS. The summed E-state index contributed by atoms with van der Waals surface area (Å²) in [5.41, 5.74) is 9.09. The van der Waals surface area contributed by atoms with Crippen LogP contribution in [0.2, 0.25) is 0 Å². The lowest BCUT2D eigenvalue weighted by molar-refractivity contribution is 0.669. The molecule has 0 aliphatic carbocycles. The minimum Gasteiger partial charge on any atom is -0.456 e. The molecule has 7 aromatic carbocycles. The number of hydrogen-bond donors (Lipinski definition) is 0. The van der Waals surface area contributed by atoms with E-state index in [1.807, 2.05) is 30.3 Å². The van der Waals surface area contributed by atoms with Crippen LogP contribution in [0.1, 0.15) is 0 Å². The van der Waals surface area contributed by atoms with Gasteiger partial charge in [0, 0.05) is 47.6 Å². The van der Waals surface area contributed by atoms with E-state index >= 15 is 0 Å². The first-order valence-electron chi connectivity index (χ1n) is 16.6. The molecule has 0 aliphatic rings. The second kappa shape index (κ2) is 11.6. The molecule has 0 fully saturated rings. The zero-order valence-electron chi connectivity index (χ0n) is 26.7. The molecule has 4 nitrogen and oxygen atoms in total. The highest BCUT2D eigenvalue weighted by atomic mass is 32.1. The summed E-state index contributed by atoms with van der Waals surface area (Å²) in [5, 5.41) is 4.56. The van der Waals surface area contributed by atoms with E-state index in [2.05, 4.69) is 133 Å². The molecule has 0 radical (unpaired) electrons. The molecule has 0 aliphatic heterocycles. The lowest BCUT2D eigenvalue weighted by atomic mass is 9.99. The molecule has 10 rings (SSSR count). The van der Waals surface area contributed by atoms with Crippen molar-refractivity contribution in [2.45, 2.75) is 0 Å². The predicted octanol–water partition coefficient (Wildman–Crippen LogP) is 12.5. The van der Waals surface area contributed by atoms with E-state index in [-0.39, 0.29) is 0 Å². The number of furan rings is 1. The van der Waals surface area contributed by atoms with Gasteiger partial charge in [0.1, 0.15) is 11.2 Å². The Balaban J connectivity index is 1.18. The number of benzene rings is 7. The molecule has 234 valence electrons. The molecule has 0 N–H and O–H groups in total. The van der Waals surface area contributed by atoms with Crippen LogP contribution in [0.5, 0.6) is 0 Å². The highest BCUT2D eigenvalue weighted by Crippen LogP contribution is 2.41. The van der Waals surface area contributed by atoms with Crippen molar-refractivity contribution in [3.8, 4) is 56.4 Å². The van der Waals surface area contributed by atoms with Gasteiger partial charge in [-0.25, -0.2) is 15.0 Å². The predicted molar refractivity (Wildman–Crippen MR) is 207 cm³/mol. The van der Waals surface area contributed by atoms with Gasteiger partial charge in [-0.05, 0) is 58.7 Å². The zero-order chi connectivity index (χ0) is 33.0. The van der Waals surface area contributed by atoms with Crippen molar-refractivity contribution in [3.05, 3.63) is 164 Å². The summed E-state index contributed by atoms with van der Waals surface area (Å²) < 4.78 is 8.77. The third kappa shape index (κ3) is 4.79. The van der Waals surface area contributed by atoms with E-state index in [0.717, 1.165) is 55.3 Å². The maximum absolute atomic E-state index is 6.36. The molecular weight excluding hydrogens is 631 g/mol. The molecule has 0 saturated heterocycles. The quantitative estimate of drug-likeness (QED) is 0.185. The van der Waals surface area contributed by atoms with Gasteiger partial charge in [-0.1, -0.05) is 127 Å². The van der Waals surface area contributed by atoms with Gasteiger partial charge in [-0.15, -0.1) is 11.3 Å². The standard InChI is InChI=1S/C45H27N3OS/c1-3-11-28(12-4-1)29-21-23-31(24-22-29)43-46-44(48-45(47-43)36-18-9-17-35-34-15-7-8-20-40(34)50-42(35)36)32-25-26-38-37(27-32)41-33(16-10-19-39(41)49-38)30-13-5-2-6-14-30/h1-27H. The van der Waals surface area contributed by atoms with Crippen molar-refractivity contribution in [1.82, 2.24) is 15.0 Å². The maximum atomic E-state index is 6.36. The Kier molecular flexibility index (Phi) is 6.64. The summed E-state index contributed by atoms with van der Waals surface area (Å²) in [6.45, 7) is 0. The van der Waals surface area contributed by atoms with Crippen molar-refractivity contribution < 1.29 is 4.42 Å². The van der Waals surface area contributed by atoms with Crippen molar-refractivity contribution in [1.29, 1.82) is 0 Å². The molecule has 0 saturated carbocycles. The maximum Gasteiger partial charge on any atom is 0.165 e. The fourth-order valence-corrected chi connectivity index (χ4v) is 8.16. The molecule has 3 aromatic heterocycles. The molecule has 0 unspecified atom stereocenters. The van der Waals surface area contributed by atoms with Gasteiger partial charge in [0.15, 0.2) is 17.5 Å². The molecule has 50 heavy (non-hydrogen) atoms. The van der Waals surface area contributed by atoms with Crippen molar-refractivity contribution in [2.75, 3.05) is 0 Å². The number of fused-ring (bicyclic) bond motifs is 6. The highest BCUT2D eigenvalue weighted by molar-refractivity contribution is 7.26. The molecule has 0 atom stereocenters. The van der Waals surface area contributed by atoms with Gasteiger partial charge in [-0.3, -0.25) is 0 Å². The van der Waals surface area contributed by atoms with Gasteiger partial charge < -0.3 is 4.42 Å². The smallest absolute Gasteiger partial charge is 0.165 e. The van der Waals surface area contributed by atoms with Gasteiger partial charge in [0.25, 0.3) is 0 Å². The largest absolute Gasteiger partial charge is 0.456 e. The van der Waals surface area contributed by atoms with Crippen LogP contribution < -0.4 is 0 Å². The van der Waals surface area contributed by atoms with Gasteiger partial charge in [0.2, 0.25) is 0 Å². The van der Waals surface area contributed by atoms with E-state index in [4.69, 9.17) is 19.4 Å². The summed E-state index contributed by atoms with van der Waals surface area (Å²) in [7, 11) is 0. The second-order valence-corrected chi connectivity index (χ2v) is 13.4. The monoisotopic (exact) mass is 657 g/mol. The van der Waals surface area contributed by atoms with E-state index in [1.165, 1.54) is 25.7 Å². The Morgan fingerprint density at radius 3 is 1.80 bits per heavy atom. The minimum absolute atomic E-state index is 0.615. The molecule has 0 bridgehead atoms. The molecule has 3 heterocycles. The summed E-state index contributed by atoms with van der Waals surface area (Å²) in [6, 6.07) is 56.8. The molecule has 10 aromatic rings. The number of thiophene rings is 1. The molecule has 0 spiro atoms.